The molecule has 0 unspecified atom stereocenters. The molecule has 10 aromatic rings. The molecule has 1 aliphatic rings. The zero-order valence-corrected chi connectivity index (χ0v) is 38.0. The van der Waals surface area contributed by atoms with Crippen LogP contribution in [0.2, 0.25) is 0 Å². The van der Waals surface area contributed by atoms with E-state index < -0.39 is 0 Å². The fourth-order valence-corrected chi connectivity index (χ4v) is 9.76. The molecule has 328 valence electrons. The summed E-state index contributed by atoms with van der Waals surface area (Å²) in [6, 6.07) is 58.3. The molecule has 3 aromatic heterocycles. The number of benzene rings is 7. The van der Waals surface area contributed by atoms with Crippen LogP contribution >= 0.6 is 0 Å². The average Bonchev–Trinajstić information content (AvgIpc) is 3.75. The van der Waals surface area contributed by atoms with Crippen molar-refractivity contribution in [3.8, 4) is 39.6 Å². The highest BCUT2D eigenvalue weighted by molar-refractivity contribution is 6.29. The van der Waals surface area contributed by atoms with Crippen molar-refractivity contribution in [1.29, 1.82) is 0 Å². The van der Waals surface area contributed by atoms with Gasteiger partial charge in [-0.1, -0.05) is 170 Å². The molecule has 0 aliphatic heterocycles. The summed E-state index contributed by atoms with van der Waals surface area (Å²) >= 11 is 0. The third kappa shape index (κ3) is 7.96. The van der Waals surface area contributed by atoms with Gasteiger partial charge in [0.05, 0.1) is 29.2 Å². The second kappa shape index (κ2) is 18.7. The Morgan fingerprint density at radius 2 is 1.29 bits per heavy atom. The summed E-state index contributed by atoms with van der Waals surface area (Å²) in [5.41, 5.74) is 13.3. The van der Waals surface area contributed by atoms with Gasteiger partial charge in [0, 0.05) is 56.0 Å². The molecule has 0 radical (unpaired) electrons. The van der Waals surface area contributed by atoms with E-state index in [-0.39, 0.29) is 0 Å². The number of allylic oxidation sites excluding steroid dienone is 11. The van der Waals surface area contributed by atoms with E-state index in [0.29, 0.717) is 23.9 Å². The molecule has 6 nitrogen and oxygen atoms in total. The first-order valence-electron chi connectivity index (χ1n) is 23.3. The Morgan fingerprint density at radius 3 is 2.03 bits per heavy atom. The van der Waals surface area contributed by atoms with Crippen LogP contribution in [-0.4, -0.2) is 31.2 Å². The Labute approximate surface area is 396 Å². The first-order valence-corrected chi connectivity index (χ1v) is 23.3. The maximum absolute atomic E-state index is 6.34. The monoisotopic (exact) mass is 879 g/mol. The minimum atomic E-state index is 0.539. The van der Waals surface area contributed by atoms with Gasteiger partial charge in [-0.2, -0.15) is 0 Å². The van der Waals surface area contributed by atoms with Crippen LogP contribution < -0.4 is 4.74 Å². The van der Waals surface area contributed by atoms with Gasteiger partial charge in [0.2, 0.25) is 0 Å². The number of rotatable bonds is 13. The number of hydrogen-bond donors (Lipinski definition) is 0. The molecule has 0 bridgehead atoms. The van der Waals surface area contributed by atoms with Crippen molar-refractivity contribution in [1.82, 2.24) is 24.1 Å². The van der Waals surface area contributed by atoms with Crippen LogP contribution in [0.3, 0.4) is 0 Å². The Bertz CT molecular complexity index is 3660. The van der Waals surface area contributed by atoms with Crippen LogP contribution in [0, 0.1) is 0 Å². The molecule has 3 heterocycles. The summed E-state index contributed by atoms with van der Waals surface area (Å²) in [5.74, 6) is 2.92. The van der Waals surface area contributed by atoms with Crippen molar-refractivity contribution < 1.29 is 4.74 Å². The third-order valence-corrected chi connectivity index (χ3v) is 12.8. The van der Waals surface area contributed by atoms with E-state index in [1.54, 1.807) is 7.11 Å². The predicted octanol–water partition coefficient (Wildman–Crippen LogP) is 15.2. The van der Waals surface area contributed by atoms with Crippen molar-refractivity contribution in [2.24, 2.45) is 0 Å². The summed E-state index contributed by atoms with van der Waals surface area (Å²) in [4.78, 5) is 14.9. The fourth-order valence-electron chi connectivity index (χ4n) is 9.76. The second-order valence-electron chi connectivity index (χ2n) is 17.0. The number of fused-ring (bicyclic) bond motifs is 7. The van der Waals surface area contributed by atoms with Gasteiger partial charge in [0.15, 0.2) is 11.6 Å². The molecule has 0 saturated carbocycles. The number of nitrogens with zero attached hydrogens (tertiary/aromatic N) is 5. The third-order valence-electron chi connectivity index (χ3n) is 12.8. The van der Waals surface area contributed by atoms with Gasteiger partial charge in [0.25, 0.3) is 0 Å². The Kier molecular flexibility index (Phi) is 11.6. The molecule has 0 spiro atoms. The summed E-state index contributed by atoms with van der Waals surface area (Å²) in [7, 11) is 1.79. The van der Waals surface area contributed by atoms with Crippen LogP contribution in [0.4, 0.5) is 0 Å². The van der Waals surface area contributed by atoms with Crippen LogP contribution in [0.25, 0.3) is 83.1 Å². The number of methoxy groups -OCH3 is 1. The standard InChI is InChI=1S/C62H49N5O/c1-3-4-22-43(41-57-63-61(45-24-10-5-6-11-25-45)65-62(64-57)46-26-12-7-13-27-46)23-20-28-44-29-21-35-50(60(44)68-2)47-37-38-54-52(42-47)59-56(67(54)49-32-16-9-17-33-49)40-39-55-58(59)51-34-18-19-36-53(51)66(55)48-30-14-8-15-31-48/h3-5,7-19,21-27,29-40,42H,1,6,20,28,41H2,2H3/b22-4-,43-23+. The molecule has 7 aromatic carbocycles. The Hall–Kier alpha value is -8.61. The average molecular weight is 880 g/mol. The maximum Gasteiger partial charge on any atom is 0.163 e. The van der Waals surface area contributed by atoms with Crippen molar-refractivity contribution >= 4 is 49.2 Å². The topological polar surface area (TPSA) is 57.8 Å². The van der Waals surface area contributed by atoms with Crippen molar-refractivity contribution in [3.63, 3.8) is 0 Å². The highest BCUT2D eigenvalue weighted by atomic mass is 16.5. The van der Waals surface area contributed by atoms with Gasteiger partial charge in [-0.25, -0.2) is 15.0 Å². The van der Waals surface area contributed by atoms with Gasteiger partial charge in [-0.3, -0.25) is 0 Å². The molecule has 0 atom stereocenters. The zero-order valence-electron chi connectivity index (χ0n) is 38.0. The first kappa shape index (κ1) is 42.1. The number of aryl methyl sites for hydroxylation is 1. The fraction of sp³-hybridized carbons (Fsp3) is 0.0806. The lowest BCUT2D eigenvalue weighted by Gasteiger charge is -2.14. The van der Waals surface area contributed by atoms with Crippen LogP contribution in [0.5, 0.6) is 5.75 Å². The lowest BCUT2D eigenvalue weighted by Crippen LogP contribution is -2.06. The van der Waals surface area contributed by atoms with Crippen LogP contribution in [0.1, 0.15) is 30.1 Å². The van der Waals surface area contributed by atoms with Crippen molar-refractivity contribution in [2.45, 2.75) is 25.7 Å². The van der Waals surface area contributed by atoms with Crippen LogP contribution in [-0.2, 0) is 12.8 Å². The summed E-state index contributed by atoms with van der Waals surface area (Å²) < 4.78 is 11.1. The maximum atomic E-state index is 6.34. The Morgan fingerprint density at radius 1 is 0.632 bits per heavy atom. The van der Waals surface area contributed by atoms with Crippen LogP contribution in [0.15, 0.2) is 231 Å². The molecule has 0 amide bonds. The van der Waals surface area contributed by atoms with Crippen molar-refractivity contribution in [2.75, 3.05) is 7.11 Å². The largest absolute Gasteiger partial charge is 0.496 e. The predicted molar refractivity (Wildman–Crippen MR) is 283 cm³/mol. The normalized spacial score (nSPS) is 13.0. The van der Waals surface area contributed by atoms with Crippen molar-refractivity contribution in [3.05, 3.63) is 248 Å². The van der Waals surface area contributed by atoms with E-state index in [1.165, 1.54) is 38.1 Å². The van der Waals surface area contributed by atoms with E-state index >= 15 is 0 Å². The lowest BCUT2D eigenvalue weighted by atomic mass is 9.96. The molecule has 68 heavy (non-hydrogen) atoms. The summed E-state index contributed by atoms with van der Waals surface area (Å²) in [6.07, 6.45) is 21.6. The summed E-state index contributed by atoms with van der Waals surface area (Å²) in [5, 5.41) is 4.89. The lowest BCUT2D eigenvalue weighted by molar-refractivity contribution is 0.411. The number of aromatic nitrogens is 5. The minimum Gasteiger partial charge on any atom is -0.496 e. The van der Waals surface area contributed by atoms with Gasteiger partial charge in [0.1, 0.15) is 11.6 Å². The number of hydrogen-bond acceptors (Lipinski definition) is 4. The smallest absolute Gasteiger partial charge is 0.163 e. The van der Waals surface area contributed by atoms with Gasteiger partial charge in [-0.15, -0.1) is 0 Å². The molecule has 0 fully saturated rings. The molecule has 1 aliphatic carbocycles. The first-order chi connectivity index (χ1) is 33.7. The molecule has 0 saturated heterocycles. The van der Waals surface area contributed by atoms with E-state index in [2.05, 4.69) is 192 Å². The molecule has 6 heteroatoms. The SMILES string of the molecule is C=C/C=C\C(=C/CCc1cccc(-c2ccc3c(c2)c2c4c5ccccc5n(-c5ccccc5)c4ccc2n3-c2ccccc2)c1OC)Cc1nc(C2=CC=CCC=C2)nc(-c2ccccc2)n1. The molecular weight excluding hydrogens is 831 g/mol. The Balaban J connectivity index is 0.982. The minimum absolute atomic E-state index is 0.539. The van der Waals surface area contributed by atoms with E-state index in [4.69, 9.17) is 19.7 Å². The molecule has 0 N–H and O–H groups in total. The number of para-hydroxylation sites is 4. The highest BCUT2D eigenvalue weighted by Crippen LogP contribution is 2.44. The number of ether oxygens (including phenoxy) is 1. The zero-order chi connectivity index (χ0) is 45.8. The van der Waals surface area contributed by atoms with Gasteiger partial charge >= 0.3 is 0 Å². The second-order valence-corrected chi connectivity index (χ2v) is 17.0. The van der Waals surface area contributed by atoms with E-state index in [0.717, 1.165) is 75.3 Å². The van der Waals surface area contributed by atoms with E-state index in [9.17, 15) is 0 Å². The van der Waals surface area contributed by atoms with E-state index in [1.807, 2.05) is 42.5 Å². The van der Waals surface area contributed by atoms with Gasteiger partial charge in [-0.05, 0) is 90.6 Å². The quantitative estimate of drug-likeness (QED) is 0.108. The van der Waals surface area contributed by atoms with Gasteiger partial charge < -0.3 is 13.9 Å². The highest BCUT2D eigenvalue weighted by Gasteiger charge is 2.22. The summed E-state index contributed by atoms with van der Waals surface area (Å²) in [6.45, 7) is 3.97. The molecular formula is C62H49N5O. The molecule has 11 rings (SSSR count).